The van der Waals surface area contributed by atoms with Crippen molar-refractivity contribution in [3.05, 3.63) is 12.2 Å². The molecule has 0 fully saturated rings. The first-order valence-corrected chi connectivity index (χ1v) is 6.72. The zero-order valence-corrected chi connectivity index (χ0v) is 10.7. The van der Waals surface area contributed by atoms with Crippen LogP contribution >= 0.6 is 11.6 Å². The molecule has 0 aromatic rings. The van der Waals surface area contributed by atoms with Gasteiger partial charge in [-0.3, -0.25) is 0 Å². The highest BCUT2D eigenvalue weighted by molar-refractivity contribution is 6.17. The van der Waals surface area contributed by atoms with Crippen molar-refractivity contribution in [3.8, 4) is 0 Å². The fourth-order valence-electron chi connectivity index (χ4n) is 1.57. The maximum Gasteiger partial charge on any atom is 0.0493 e. The first-order valence-electron chi connectivity index (χ1n) is 6.18. The monoisotopic (exact) mass is 232 g/mol. The van der Waals surface area contributed by atoms with Crippen LogP contribution in [-0.4, -0.2) is 17.6 Å². The van der Waals surface area contributed by atoms with Gasteiger partial charge in [-0.05, 0) is 25.2 Å². The number of rotatable bonds is 10. The minimum absolute atomic E-state index is 0.281. The van der Waals surface area contributed by atoms with Crippen LogP contribution in [-0.2, 0) is 0 Å². The van der Waals surface area contributed by atoms with E-state index in [2.05, 4.69) is 19.1 Å². The highest BCUT2D eigenvalue weighted by Gasteiger charge is 2.01. The minimum atomic E-state index is 0.281. The fraction of sp³-hybridized carbons (Fsp3) is 0.846. The van der Waals surface area contributed by atoms with Gasteiger partial charge in [-0.15, -0.1) is 11.6 Å². The summed E-state index contributed by atoms with van der Waals surface area (Å²) in [4.78, 5) is 0. The highest BCUT2D eigenvalue weighted by Crippen LogP contribution is 2.12. The molecule has 0 heterocycles. The maximum absolute atomic E-state index is 9.16. The molecule has 0 aromatic carbocycles. The van der Waals surface area contributed by atoms with E-state index in [1.54, 1.807) is 0 Å². The molecular formula is C13H25ClO. The third kappa shape index (κ3) is 10.3. The summed E-state index contributed by atoms with van der Waals surface area (Å²) in [6.07, 6.45) is 12.6. The molecule has 0 amide bonds. The van der Waals surface area contributed by atoms with Crippen molar-refractivity contribution in [3.63, 3.8) is 0 Å². The molecule has 2 heteroatoms. The Morgan fingerprint density at radius 1 is 1.20 bits per heavy atom. The zero-order valence-electron chi connectivity index (χ0n) is 9.92. The van der Waals surface area contributed by atoms with Gasteiger partial charge in [0.1, 0.15) is 0 Å². The van der Waals surface area contributed by atoms with E-state index in [9.17, 15) is 0 Å². The molecule has 0 unspecified atom stereocenters. The van der Waals surface area contributed by atoms with Crippen molar-refractivity contribution in [2.75, 3.05) is 12.5 Å². The van der Waals surface area contributed by atoms with E-state index in [1.165, 1.54) is 25.7 Å². The summed E-state index contributed by atoms with van der Waals surface area (Å²) in [5.74, 6) is 1.09. The average Bonchev–Trinajstić information content (AvgIpc) is 2.27. The van der Waals surface area contributed by atoms with Gasteiger partial charge in [0.25, 0.3) is 0 Å². The van der Waals surface area contributed by atoms with E-state index in [0.29, 0.717) is 5.92 Å². The van der Waals surface area contributed by atoms with Gasteiger partial charge in [-0.1, -0.05) is 44.8 Å². The first-order chi connectivity index (χ1) is 7.35. The smallest absolute Gasteiger partial charge is 0.0493 e. The molecule has 1 nitrogen and oxygen atoms in total. The van der Waals surface area contributed by atoms with E-state index in [-0.39, 0.29) is 6.61 Å². The second kappa shape index (κ2) is 12.1. The number of alkyl halides is 1. The lowest BCUT2D eigenvalue weighted by molar-refractivity contribution is 0.243. The van der Waals surface area contributed by atoms with Crippen LogP contribution in [0.5, 0.6) is 0 Å². The largest absolute Gasteiger partial charge is 0.396 e. The molecule has 0 radical (unpaired) electrons. The average molecular weight is 233 g/mol. The molecular weight excluding hydrogens is 208 g/mol. The molecule has 0 aliphatic carbocycles. The lowest BCUT2D eigenvalue weighted by Crippen LogP contribution is -2.02. The van der Waals surface area contributed by atoms with Crippen molar-refractivity contribution in [1.82, 2.24) is 0 Å². The van der Waals surface area contributed by atoms with Crippen LogP contribution in [0.2, 0.25) is 0 Å². The molecule has 1 N–H and O–H groups in total. The van der Waals surface area contributed by atoms with Gasteiger partial charge in [0.15, 0.2) is 0 Å². The van der Waals surface area contributed by atoms with Crippen molar-refractivity contribution < 1.29 is 5.11 Å². The number of hydrogen-bond acceptors (Lipinski definition) is 1. The van der Waals surface area contributed by atoms with E-state index in [0.717, 1.165) is 25.1 Å². The van der Waals surface area contributed by atoms with Gasteiger partial charge in [0, 0.05) is 12.5 Å². The van der Waals surface area contributed by atoms with E-state index < -0.39 is 0 Å². The summed E-state index contributed by atoms with van der Waals surface area (Å²) in [6.45, 7) is 2.50. The lowest BCUT2D eigenvalue weighted by Gasteiger charge is -2.08. The van der Waals surface area contributed by atoms with Crippen LogP contribution in [0.25, 0.3) is 0 Å². The second-order valence-electron chi connectivity index (χ2n) is 4.05. The molecule has 15 heavy (non-hydrogen) atoms. The number of allylic oxidation sites excluding steroid dienone is 1. The summed E-state index contributed by atoms with van der Waals surface area (Å²) >= 11 is 5.59. The number of hydrogen-bond donors (Lipinski definition) is 1. The van der Waals surface area contributed by atoms with Crippen LogP contribution < -0.4 is 0 Å². The Morgan fingerprint density at radius 3 is 2.60 bits per heavy atom. The standard InChI is InChI=1S/C13H25ClO/c1-2-3-4-6-9-13(12-15)10-7-5-8-11-14/h7,10,13,15H,2-6,8-9,11-12H2,1H3/b10-7+/t13-/m1/s1. The molecule has 0 aliphatic rings. The molecule has 0 rings (SSSR count). The Labute approximate surface area is 99.5 Å². The van der Waals surface area contributed by atoms with Crippen molar-refractivity contribution >= 4 is 11.6 Å². The SMILES string of the molecule is CCCCCC[C@H](/C=C/CCCCl)CO. The molecule has 0 aliphatic heterocycles. The van der Waals surface area contributed by atoms with E-state index in [4.69, 9.17) is 16.7 Å². The molecule has 1 atom stereocenters. The van der Waals surface area contributed by atoms with Crippen LogP contribution in [0, 0.1) is 5.92 Å². The molecule has 0 saturated carbocycles. The second-order valence-corrected chi connectivity index (χ2v) is 4.43. The summed E-state index contributed by atoms with van der Waals surface area (Å²) in [5.41, 5.74) is 0. The van der Waals surface area contributed by atoms with Crippen LogP contribution in [0.15, 0.2) is 12.2 Å². The minimum Gasteiger partial charge on any atom is -0.396 e. The van der Waals surface area contributed by atoms with E-state index >= 15 is 0 Å². The highest BCUT2D eigenvalue weighted by atomic mass is 35.5. The van der Waals surface area contributed by atoms with Gasteiger partial charge >= 0.3 is 0 Å². The van der Waals surface area contributed by atoms with Crippen molar-refractivity contribution in [2.45, 2.75) is 51.9 Å². The number of halogens is 1. The van der Waals surface area contributed by atoms with Crippen LogP contribution in [0.3, 0.4) is 0 Å². The van der Waals surface area contributed by atoms with Gasteiger partial charge in [-0.2, -0.15) is 0 Å². The number of aliphatic hydroxyl groups excluding tert-OH is 1. The predicted molar refractivity (Wildman–Crippen MR) is 68.4 cm³/mol. The van der Waals surface area contributed by atoms with Gasteiger partial charge in [0.05, 0.1) is 0 Å². The van der Waals surface area contributed by atoms with E-state index in [1.807, 2.05) is 0 Å². The number of aliphatic hydroxyl groups is 1. The van der Waals surface area contributed by atoms with Gasteiger partial charge < -0.3 is 5.11 Å². The predicted octanol–water partition coefficient (Wildman–Crippen LogP) is 4.14. The van der Waals surface area contributed by atoms with Gasteiger partial charge in [-0.25, -0.2) is 0 Å². The summed E-state index contributed by atoms with van der Waals surface area (Å²) in [6, 6.07) is 0. The Kier molecular flexibility index (Phi) is 12.1. The Bertz CT molecular complexity index is 145. The normalized spacial score (nSPS) is 13.5. The Balaban J connectivity index is 3.49. The van der Waals surface area contributed by atoms with Crippen LogP contribution in [0.1, 0.15) is 51.9 Å². The quantitative estimate of drug-likeness (QED) is 0.341. The Hall–Kier alpha value is -0.0100. The summed E-state index contributed by atoms with van der Waals surface area (Å²) in [7, 11) is 0. The summed E-state index contributed by atoms with van der Waals surface area (Å²) in [5, 5.41) is 9.16. The zero-order chi connectivity index (χ0) is 11.4. The van der Waals surface area contributed by atoms with Crippen LogP contribution in [0.4, 0.5) is 0 Å². The molecule has 90 valence electrons. The lowest BCUT2D eigenvalue weighted by atomic mass is 10.0. The first kappa shape index (κ1) is 15.0. The van der Waals surface area contributed by atoms with Crippen molar-refractivity contribution in [1.29, 1.82) is 0 Å². The third-order valence-electron chi connectivity index (χ3n) is 2.58. The molecule has 0 aromatic heterocycles. The molecule has 0 saturated heterocycles. The Morgan fingerprint density at radius 2 is 2.00 bits per heavy atom. The molecule has 0 bridgehead atoms. The maximum atomic E-state index is 9.16. The van der Waals surface area contributed by atoms with Gasteiger partial charge in [0.2, 0.25) is 0 Å². The fourth-order valence-corrected chi connectivity index (χ4v) is 1.72. The third-order valence-corrected chi connectivity index (χ3v) is 2.84. The molecule has 0 spiro atoms. The topological polar surface area (TPSA) is 20.2 Å². The van der Waals surface area contributed by atoms with Crippen molar-refractivity contribution in [2.24, 2.45) is 5.92 Å². The summed E-state index contributed by atoms with van der Waals surface area (Å²) < 4.78 is 0. The number of unbranched alkanes of at least 4 members (excludes halogenated alkanes) is 4.